The summed E-state index contributed by atoms with van der Waals surface area (Å²) in [6.07, 6.45) is -7.62. The van der Waals surface area contributed by atoms with Crippen LogP contribution in [0.4, 0.5) is 0 Å². The minimum Gasteiger partial charge on any atom is -0.458 e. The Hall–Kier alpha value is -1.27. The highest BCUT2D eigenvalue weighted by Crippen LogP contribution is 2.70. The Balaban J connectivity index is 0.995. The number of ether oxygens (including phenoxy) is 5. The molecule has 6 fully saturated rings. The fourth-order valence-electron chi connectivity index (χ4n) is 11.4. The molecule has 2 saturated heterocycles. The standard InChI is InChI=1S/C35H54O14/c1-15-30(49-32-28(42)26(40)25(39)22(13-36)48-32)27(41)29(43)31(46-15)47-18-6-8-33(2)17(11-18)4-5-20-24(33)21(37)12-34(3)19(7-9-35(20,34)44)16-10-23(38)45-14-16/h10,15,17-22,24-32,36-37,39-44H,4-9,11-14H2,1-3H3/t15-,17+,18-,19+,20+,21+,22+,24+,25+,26-,27-,28+,29+,30-,31-,32-,33-,34+,35-/m0/s1. The van der Waals surface area contributed by atoms with Gasteiger partial charge in [0, 0.05) is 11.5 Å². The molecule has 7 aliphatic rings. The normalized spacial score (nSPS) is 56.0. The Kier molecular flexibility index (Phi) is 9.57. The smallest absolute Gasteiger partial charge is 0.331 e. The van der Waals surface area contributed by atoms with Gasteiger partial charge in [0.05, 0.1) is 30.5 Å². The summed E-state index contributed by atoms with van der Waals surface area (Å²) in [6, 6.07) is 0. The highest BCUT2D eigenvalue weighted by Gasteiger charge is 2.70. The Morgan fingerprint density at radius 2 is 1.59 bits per heavy atom. The lowest BCUT2D eigenvalue weighted by Crippen LogP contribution is -2.66. The van der Waals surface area contributed by atoms with Gasteiger partial charge in [-0.2, -0.15) is 0 Å². The van der Waals surface area contributed by atoms with Gasteiger partial charge in [-0.05, 0) is 93.0 Å². The van der Waals surface area contributed by atoms with E-state index in [1.54, 1.807) is 13.0 Å². The van der Waals surface area contributed by atoms with Gasteiger partial charge in [0.15, 0.2) is 12.6 Å². The molecule has 8 N–H and O–H groups in total. The van der Waals surface area contributed by atoms with Crippen molar-refractivity contribution in [1.82, 2.24) is 0 Å². The number of fused-ring (bicyclic) bond motifs is 5. The van der Waals surface area contributed by atoms with Crippen molar-refractivity contribution in [2.75, 3.05) is 13.2 Å². The molecule has 278 valence electrons. The fraction of sp³-hybridized carbons (Fsp3) is 0.914. The molecule has 0 bridgehead atoms. The van der Waals surface area contributed by atoms with Crippen LogP contribution in [-0.4, -0.2) is 139 Å². The van der Waals surface area contributed by atoms with Gasteiger partial charge in [0.1, 0.15) is 49.3 Å². The molecule has 7 rings (SSSR count). The van der Waals surface area contributed by atoms with Crippen LogP contribution in [0.15, 0.2) is 11.6 Å². The van der Waals surface area contributed by atoms with Gasteiger partial charge in [-0.15, -0.1) is 0 Å². The third kappa shape index (κ3) is 5.64. The van der Waals surface area contributed by atoms with E-state index >= 15 is 0 Å². The van der Waals surface area contributed by atoms with Crippen LogP contribution in [0.2, 0.25) is 0 Å². The lowest BCUT2D eigenvalue weighted by Gasteiger charge is -2.65. The van der Waals surface area contributed by atoms with Crippen molar-refractivity contribution in [3.63, 3.8) is 0 Å². The molecule has 0 aromatic carbocycles. The maximum Gasteiger partial charge on any atom is 0.331 e. The highest BCUT2D eigenvalue weighted by molar-refractivity contribution is 5.85. The van der Waals surface area contributed by atoms with Crippen LogP contribution < -0.4 is 0 Å². The Morgan fingerprint density at radius 1 is 0.878 bits per heavy atom. The van der Waals surface area contributed by atoms with E-state index in [2.05, 4.69) is 13.8 Å². The van der Waals surface area contributed by atoms with Crippen LogP contribution in [0, 0.1) is 34.5 Å². The van der Waals surface area contributed by atoms with Crippen molar-refractivity contribution in [1.29, 1.82) is 0 Å². The summed E-state index contributed by atoms with van der Waals surface area (Å²) in [4.78, 5) is 11.9. The molecule has 19 atom stereocenters. The zero-order valence-corrected chi connectivity index (χ0v) is 28.4. The molecule has 4 saturated carbocycles. The number of carbonyl (C=O) groups is 1. The van der Waals surface area contributed by atoms with Crippen LogP contribution in [0.25, 0.3) is 0 Å². The fourth-order valence-corrected chi connectivity index (χ4v) is 11.4. The van der Waals surface area contributed by atoms with E-state index in [4.69, 9.17) is 23.7 Å². The van der Waals surface area contributed by atoms with Gasteiger partial charge in [-0.25, -0.2) is 4.79 Å². The molecule has 14 nitrogen and oxygen atoms in total. The summed E-state index contributed by atoms with van der Waals surface area (Å²) in [7, 11) is 0. The number of carbonyl (C=O) groups excluding carboxylic acids is 1. The molecular weight excluding hydrogens is 644 g/mol. The summed E-state index contributed by atoms with van der Waals surface area (Å²) in [5.74, 6) is -0.342. The number of esters is 1. The van der Waals surface area contributed by atoms with Crippen LogP contribution >= 0.6 is 0 Å². The maximum absolute atomic E-state index is 12.5. The zero-order chi connectivity index (χ0) is 35.2. The lowest BCUT2D eigenvalue weighted by molar-refractivity contribution is -0.360. The second-order valence-corrected chi connectivity index (χ2v) is 16.5. The SMILES string of the molecule is C[C@@H]1O[C@@H](O[C@H]2CC[C@@]3(C)[C@H](CC[C@@H]4[C@@H]3[C@H](O)C[C@]3(C)[C@@H](C5=CC(=O)OC5)CC[C@]43O)C2)[C@H](O)[C@H](O)[C@H]1O[C@@H]1O[C@H](CO)[C@@H](O)[C@H](O)[C@H]1O. The quantitative estimate of drug-likeness (QED) is 0.126. The molecule has 0 radical (unpaired) electrons. The third-order valence-electron chi connectivity index (χ3n) is 14.1. The van der Waals surface area contributed by atoms with Crippen molar-refractivity contribution in [3.05, 3.63) is 11.6 Å². The molecule has 0 unspecified atom stereocenters. The van der Waals surface area contributed by atoms with Crippen molar-refractivity contribution in [3.8, 4) is 0 Å². The number of hydrogen-bond acceptors (Lipinski definition) is 14. The summed E-state index contributed by atoms with van der Waals surface area (Å²) >= 11 is 0. The molecule has 0 spiro atoms. The lowest BCUT2D eigenvalue weighted by atomic mass is 9.42. The van der Waals surface area contributed by atoms with Gasteiger partial charge < -0.3 is 64.5 Å². The number of aliphatic hydroxyl groups is 8. The molecule has 14 heteroatoms. The van der Waals surface area contributed by atoms with E-state index in [0.29, 0.717) is 25.7 Å². The summed E-state index contributed by atoms with van der Waals surface area (Å²) < 4.78 is 28.7. The Morgan fingerprint density at radius 3 is 2.29 bits per heavy atom. The predicted octanol–water partition coefficient (Wildman–Crippen LogP) is -0.749. The molecular formula is C35H54O14. The van der Waals surface area contributed by atoms with E-state index in [1.807, 2.05) is 0 Å². The summed E-state index contributed by atoms with van der Waals surface area (Å²) in [5.41, 5.74) is -0.847. The monoisotopic (exact) mass is 698 g/mol. The van der Waals surface area contributed by atoms with Crippen LogP contribution in [0.5, 0.6) is 0 Å². The second-order valence-electron chi connectivity index (χ2n) is 16.5. The maximum atomic E-state index is 12.5. The van der Waals surface area contributed by atoms with E-state index < -0.39 is 85.1 Å². The molecule has 49 heavy (non-hydrogen) atoms. The van der Waals surface area contributed by atoms with Crippen molar-refractivity contribution < 1.29 is 69.3 Å². The molecule has 4 aliphatic carbocycles. The minimum atomic E-state index is -1.67. The third-order valence-corrected chi connectivity index (χ3v) is 14.1. The van der Waals surface area contributed by atoms with Crippen molar-refractivity contribution in [2.45, 2.75) is 151 Å². The van der Waals surface area contributed by atoms with E-state index in [-0.39, 0.29) is 47.8 Å². The van der Waals surface area contributed by atoms with E-state index in [9.17, 15) is 45.6 Å². The van der Waals surface area contributed by atoms with Gasteiger partial charge >= 0.3 is 5.97 Å². The van der Waals surface area contributed by atoms with Crippen LogP contribution in [0.3, 0.4) is 0 Å². The van der Waals surface area contributed by atoms with E-state index in [0.717, 1.165) is 31.3 Å². The average Bonchev–Trinajstić information content (AvgIpc) is 3.60. The van der Waals surface area contributed by atoms with Gasteiger partial charge in [-0.1, -0.05) is 13.8 Å². The van der Waals surface area contributed by atoms with Crippen molar-refractivity contribution >= 4 is 5.97 Å². The van der Waals surface area contributed by atoms with Crippen LogP contribution in [-0.2, 0) is 28.5 Å². The first-order chi connectivity index (χ1) is 23.1. The highest BCUT2D eigenvalue weighted by atomic mass is 16.7. The average molecular weight is 699 g/mol. The second kappa shape index (κ2) is 13.0. The largest absolute Gasteiger partial charge is 0.458 e. The summed E-state index contributed by atoms with van der Waals surface area (Å²) in [5, 5.41) is 86.6. The van der Waals surface area contributed by atoms with Gasteiger partial charge in [0.2, 0.25) is 0 Å². The molecule has 0 aromatic rings. The first-order valence-corrected chi connectivity index (χ1v) is 18.0. The number of rotatable bonds is 6. The topological polar surface area (TPSA) is 225 Å². The number of hydrogen-bond donors (Lipinski definition) is 8. The first kappa shape index (κ1) is 36.1. The van der Waals surface area contributed by atoms with Gasteiger partial charge in [-0.3, -0.25) is 0 Å². The Labute approximate surface area is 285 Å². The molecule has 0 aromatic heterocycles. The van der Waals surface area contributed by atoms with E-state index in [1.165, 1.54) is 0 Å². The first-order valence-electron chi connectivity index (χ1n) is 18.0. The molecule has 3 heterocycles. The predicted molar refractivity (Wildman–Crippen MR) is 167 cm³/mol. The Bertz CT molecular complexity index is 1280. The summed E-state index contributed by atoms with van der Waals surface area (Å²) in [6.45, 7) is 5.54. The van der Waals surface area contributed by atoms with Crippen molar-refractivity contribution in [2.24, 2.45) is 34.5 Å². The number of aliphatic hydroxyl groups excluding tert-OH is 7. The molecule has 0 amide bonds. The zero-order valence-electron chi connectivity index (χ0n) is 28.4. The van der Waals surface area contributed by atoms with Gasteiger partial charge in [0.25, 0.3) is 0 Å². The molecule has 3 aliphatic heterocycles. The number of cyclic esters (lactones) is 1. The van der Waals surface area contributed by atoms with Crippen LogP contribution in [0.1, 0.15) is 72.1 Å². The minimum absolute atomic E-state index is 0.0175.